The predicted molar refractivity (Wildman–Crippen MR) is 106 cm³/mol. The van der Waals surface area contributed by atoms with Gasteiger partial charge in [-0.3, -0.25) is 14.9 Å². The number of carbonyl (C=O) groups excluding carboxylic acids is 2. The molecule has 0 spiro atoms. The number of unbranched alkanes of at least 4 members (excludes halogenated alkanes) is 1. The maximum Gasteiger partial charge on any atom is 0.407 e. The number of likely N-dealkylation sites (N-methyl/N-ethyl adjacent to an activating group) is 1. The van der Waals surface area contributed by atoms with E-state index < -0.39 is 17.1 Å². The fourth-order valence-electron chi connectivity index (χ4n) is 2.91. The van der Waals surface area contributed by atoms with Gasteiger partial charge in [-0.1, -0.05) is 0 Å². The maximum absolute atomic E-state index is 12.0. The molecule has 1 aromatic rings. The third kappa shape index (κ3) is 7.31. The van der Waals surface area contributed by atoms with Crippen molar-refractivity contribution in [2.24, 2.45) is 0 Å². The first-order valence-corrected chi connectivity index (χ1v) is 9.33. The highest BCUT2D eigenvalue weighted by Gasteiger charge is 2.25. The Morgan fingerprint density at radius 2 is 2.00 bits per heavy atom. The van der Waals surface area contributed by atoms with E-state index in [-0.39, 0.29) is 35.4 Å². The van der Waals surface area contributed by atoms with Gasteiger partial charge in [0.2, 0.25) is 0 Å². The summed E-state index contributed by atoms with van der Waals surface area (Å²) in [5.41, 5.74) is 0.253. The molecule has 0 fully saturated rings. The number of rotatable bonds is 12. The van der Waals surface area contributed by atoms with Gasteiger partial charge in [-0.25, -0.2) is 4.79 Å². The van der Waals surface area contributed by atoms with Crippen molar-refractivity contribution in [3.05, 3.63) is 33.4 Å². The van der Waals surface area contributed by atoms with E-state index in [0.717, 1.165) is 6.42 Å². The number of nitro groups is 1. The fourth-order valence-corrected chi connectivity index (χ4v) is 2.91. The van der Waals surface area contributed by atoms with Crippen molar-refractivity contribution in [1.29, 1.82) is 0 Å². The monoisotopic (exact) mass is 411 g/mol. The average Bonchev–Trinajstić information content (AvgIpc) is 2.68. The lowest BCUT2D eigenvalue weighted by Gasteiger charge is -2.17. The summed E-state index contributed by atoms with van der Waals surface area (Å²) in [6.45, 7) is 3.02. The number of Topliss-reactive ketones (excluding diaryl/α,β-unsaturated/α-hetero) is 1. The summed E-state index contributed by atoms with van der Waals surface area (Å²) in [7, 11) is 3.07. The molecule has 0 aliphatic carbocycles. The van der Waals surface area contributed by atoms with E-state index in [0.29, 0.717) is 24.9 Å². The first-order valence-electron chi connectivity index (χ1n) is 9.33. The van der Waals surface area contributed by atoms with Crippen LogP contribution in [0.5, 0.6) is 5.75 Å². The van der Waals surface area contributed by atoms with Crippen molar-refractivity contribution < 1.29 is 29.1 Å². The van der Waals surface area contributed by atoms with Crippen molar-refractivity contribution in [3.63, 3.8) is 0 Å². The largest absolute Gasteiger partial charge is 0.496 e. The van der Waals surface area contributed by atoms with Crippen LogP contribution in [-0.2, 0) is 16.1 Å². The van der Waals surface area contributed by atoms with E-state index in [1.165, 1.54) is 33.1 Å². The van der Waals surface area contributed by atoms with Gasteiger partial charge in [-0.2, -0.15) is 0 Å². The van der Waals surface area contributed by atoms with Gasteiger partial charge in [0.05, 0.1) is 36.3 Å². The molecule has 3 N–H and O–H groups in total. The lowest BCUT2D eigenvalue weighted by molar-refractivity contribution is -0.386. The minimum atomic E-state index is -0.905. The number of methoxy groups -OCH3 is 1. The molecule has 1 amide bonds. The third-order valence-electron chi connectivity index (χ3n) is 4.55. The molecule has 0 heterocycles. The molecule has 1 aromatic carbocycles. The van der Waals surface area contributed by atoms with Crippen LogP contribution in [0.4, 0.5) is 10.5 Å². The van der Waals surface area contributed by atoms with Gasteiger partial charge in [-0.05, 0) is 46.2 Å². The first-order chi connectivity index (χ1) is 13.7. The number of carbonyl (C=O) groups is 2. The SMILES string of the molecule is CNC(CCCCNC(=O)OC(C)c1cc(CO)c(OC)cc1[N+](=O)[O-])C(C)=O. The molecular weight excluding hydrogens is 382 g/mol. The van der Waals surface area contributed by atoms with Crippen molar-refractivity contribution in [2.45, 2.75) is 51.9 Å². The van der Waals surface area contributed by atoms with E-state index >= 15 is 0 Å². The number of benzene rings is 1. The van der Waals surface area contributed by atoms with Crippen molar-refractivity contribution >= 4 is 17.6 Å². The number of amides is 1. The Kier molecular flexibility index (Phi) is 10.0. The van der Waals surface area contributed by atoms with Crippen LogP contribution in [0.2, 0.25) is 0 Å². The Hall–Kier alpha value is -2.72. The summed E-state index contributed by atoms with van der Waals surface area (Å²) < 4.78 is 10.3. The molecule has 0 radical (unpaired) electrons. The second-order valence-electron chi connectivity index (χ2n) is 6.56. The number of alkyl carbamates (subject to hydrolysis) is 1. The Morgan fingerprint density at radius 1 is 1.31 bits per heavy atom. The molecule has 162 valence electrons. The molecule has 2 atom stereocenters. The van der Waals surface area contributed by atoms with Gasteiger partial charge in [0.25, 0.3) is 5.69 Å². The zero-order valence-corrected chi connectivity index (χ0v) is 17.2. The van der Waals surface area contributed by atoms with Crippen LogP contribution >= 0.6 is 0 Å². The number of hydrogen-bond acceptors (Lipinski definition) is 8. The van der Waals surface area contributed by atoms with Crippen LogP contribution in [0, 0.1) is 10.1 Å². The van der Waals surface area contributed by atoms with E-state index in [1.807, 2.05) is 0 Å². The van der Waals surface area contributed by atoms with E-state index in [9.17, 15) is 24.8 Å². The quantitative estimate of drug-likeness (QED) is 0.270. The Balaban J connectivity index is 2.64. The Morgan fingerprint density at radius 3 is 2.52 bits per heavy atom. The number of ether oxygens (including phenoxy) is 2. The number of ketones is 1. The smallest absolute Gasteiger partial charge is 0.407 e. The highest BCUT2D eigenvalue weighted by molar-refractivity contribution is 5.81. The van der Waals surface area contributed by atoms with E-state index in [1.54, 1.807) is 7.05 Å². The number of aliphatic hydroxyl groups is 1. The molecule has 0 aliphatic rings. The van der Waals surface area contributed by atoms with Gasteiger partial charge < -0.3 is 25.2 Å². The summed E-state index contributed by atoms with van der Waals surface area (Å²) in [5, 5.41) is 26.3. The van der Waals surface area contributed by atoms with E-state index in [4.69, 9.17) is 9.47 Å². The topological polar surface area (TPSA) is 140 Å². The molecule has 10 heteroatoms. The van der Waals surface area contributed by atoms with Crippen LogP contribution < -0.4 is 15.4 Å². The van der Waals surface area contributed by atoms with Gasteiger partial charge in [-0.15, -0.1) is 0 Å². The minimum Gasteiger partial charge on any atom is -0.496 e. The number of hydrogen-bond donors (Lipinski definition) is 3. The van der Waals surface area contributed by atoms with Crippen molar-refractivity contribution in [2.75, 3.05) is 20.7 Å². The first kappa shape index (κ1) is 24.3. The van der Waals surface area contributed by atoms with Gasteiger partial charge >= 0.3 is 6.09 Å². The normalized spacial score (nSPS) is 12.7. The molecule has 0 saturated heterocycles. The number of aliphatic hydroxyl groups excluding tert-OH is 1. The summed E-state index contributed by atoms with van der Waals surface area (Å²) >= 11 is 0. The summed E-state index contributed by atoms with van der Waals surface area (Å²) in [4.78, 5) is 34.1. The summed E-state index contributed by atoms with van der Waals surface area (Å²) in [6.07, 6.45) is 0.459. The molecule has 0 saturated carbocycles. The molecule has 0 aliphatic heterocycles. The highest BCUT2D eigenvalue weighted by atomic mass is 16.6. The third-order valence-corrected chi connectivity index (χ3v) is 4.55. The lowest BCUT2D eigenvalue weighted by atomic mass is 10.0. The number of nitro benzene ring substituents is 1. The van der Waals surface area contributed by atoms with Gasteiger partial charge in [0.15, 0.2) is 0 Å². The van der Waals surface area contributed by atoms with Crippen LogP contribution in [0.1, 0.15) is 50.3 Å². The van der Waals surface area contributed by atoms with Crippen molar-refractivity contribution in [3.8, 4) is 5.75 Å². The fraction of sp³-hybridized carbons (Fsp3) is 0.579. The van der Waals surface area contributed by atoms with Crippen molar-refractivity contribution in [1.82, 2.24) is 10.6 Å². The molecule has 1 rings (SSSR count). The second-order valence-corrected chi connectivity index (χ2v) is 6.56. The standard InChI is InChI=1S/C19H29N3O7/c1-12(24)16(20-3)7-5-6-8-21-19(25)29-13(2)15-9-14(11-23)18(28-4)10-17(15)22(26)27/h9-10,13,16,20,23H,5-8,11H2,1-4H3,(H,21,25). The number of nitrogens with one attached hydrogen (secondary N) is 2. The Labute approximate surface area is 169 Å². The zero-order chi connectivity index (χ0) is 22.0. The average molecular weight is 411 g/mol. The predicted octanol–water partition coefficient (Wildman–Crippen LogP) is 2.23. The molecule has 0 bridgehead atoms. The minimum absolute atomic E-state index is 0.0667. The van der Waals surface area contributed by atoms with Crippen LogP contribution in [-0.4, -0.2) is 48.7 Å². The van der Waals surface area contributed by atoms with Crippen LogP contribution in [0.15, 0.2) is 12.1 Å². The van der Waals surface area contributed by atoms with Crippen LogP contribution in [0.25, 0.3) is 0 Å². The molecule has 0 aromatic heterocycles. The molecule has 29 heavy (non-hydrogen) atoms. The Bertz CT molecular complexity index is 724. The maximum atomic E-state index is 12.0. The molecule has 2 unspecified atom stereocenters. The highest BCUT2D eigenvalue weighted by Crippen LogP contribution is 2.34. The van der Waals surface area contributed by atoms with Gasteiger partial charge in [0.1, 0.15) is 17.6 Å². The second kappa shape index (κ2) is 12.0. The lowest BCUT2D eigenvalue weighted by Crippen LogP contribution is -2.32. The van der Waals surface area contributed by atoms with E-state index in [2.05, 4.69) is 10.6 Å². The number of nitrogens with zero attached hydrogens (tertiary/aromatic N) is 1. The summed E-state index contributed by atoms with van der Waals surface area (Å²) in [5.74, 6) is 0.252. The molecule has 10 nitrogen and oxygen atoms in total. The van der Waals surface area contributed by atoms with Crippen LogP contribution in [0.3, 0.4) is 0 Å². The molecular formula is C19H29N3O7. The zero-order valence-electron chi connectivity index (χ0n) is 17.2. The van der Waals surface area contributed by atoms with Gasteiger partial charge in [0, 0.05) is 12.1 Å². The summed E-state index contributed by atoms with van der Waals surface area (Å²) in [6, 6.07) is 2.40.